The maximum absolute atomic E-state index is 12.0. The van der Waals surface area contributed by atoms with E-state index < -0.39 is 0 Å². The first-order chi connectivity index (χ1) is 9.95. The highest BCUT2D eigenvalue weighted by Gasteiger charge is 2.08. The lowest BCUT2D eigenvalue weighted by atomic mass is 10.1. The lowest BCUT2D eigenvalue weighted by molar-refractivity contribution is 0.0948. The van der Waals surface area contributed by atoms with Crippen LogP contribution < -0.4 is 11.1 Å². The van der Waals surface area contributed by atoms with Crippen molar-refractivity contribution in [2.45, 2.75) is 19.9 Å². The van der Waals surface area contributed by atoms with Gasteiger partial charge in [-0.15, -0.1) is 0 Å². The van der Waals surface area contributed by atoms with E-state index in [4.69, 9.17) is 17.3 Å². The summed E-state index contributed by atoms with van der Waals surface area (Å²) in [6, 6.07) is 5.54. The van der Waals surface area contributed by atoms with Crippen molar-refractivity contribution in [3.05, 3.63) is 34.3 Å². The van der Waals surface area contributed by atoms with E-state index >= 15 is 0 Å². The third-order valence-corrected chi connectivity index (χ3v) is 3.50. The minimum atomic E-state index is -0.132. The van der Waals surface area contributed by atoms with Crippen LogP contribution in [0.25, 0.3) is 0 Å². The van der Waals surface area contributed by atoms with Crippen LogP contribution in [0.2, 0.25) is 5.02 Å². The minimum absolute atomic E-state index is 0.132. The Balaban J connectivity index is 2.61. The van der Waals surface area contributed by atoms with Crippen molar-refractivity contribution >= 4 is 17.5 Å². The van der Waals surface area contributed by atoms with Gasteiger partial charge in [0.25, 0.3) is 5.91 Å². The predicted molar refractivity (Wildman–Crippen MR) is 87.5 cm³/mol. The SMILES string of the molecule is CC(C)N(C)CCNC(=O)c1ccc(C#CCN)c(Cl)c1. The molecule has 4 nitrogen and oxygen atoms in total. The molecule has 1 rings (SSSR count). The van der Waals surface area contributed by atoms with Gasteiger partial charge in [0, 0.05) is 30.3 Å². The molecule has 0 saturated heterocycles. The molecule has 21 heavy (non-hydrogen) atoms. The van der Waals surface area contributed by atoms with E-state index in [-0.39, 0.29) is 12.5 Å². The molecule has 1 aromatic carbocycles. The molecule has 114 valence electrons. The van der Waals surface area contributed by atoms with Crippen LogP contribution in [0.3, 0.4) is 0 Å². The number of carbonyl (C=O) groups is 1. The van der Waals surface area contributed by atoms with Gasteiger partial charge in [-0.1, -0.05) is 23.4 Å². The average Bonchev–Trinajstić information content (AvgIpc) is 2.45. The van der Waals surface area contributed by atoms with Crippen LogP contribution in [0, 0.1) is 11.8 Å². The molecule has 0 aliphatic heterocycles. The van der Waals surface area contributed by atoms with Gasteiger partial charge in [0.05, 0.1) is 11.6 Å². The number of carbonyl (C=O) groups excluding carboxylic acids is 1. The van der Waals surface area contributed by atoms with Crippen LogP contribution in [0.4, 0.5) is 0 Å². The number of hydrogen-bond donors (Lipinski definition) is 2. The lowest BCUT2D eigenvalue weighted by Gasteiger charge is -2.20. The molecule has 0 heterocycles. The second-order valence-corrected chi connectivity index (χ2v) is 5.44. The van der Waals surface area contributed by atoms with Crippen molar-refractivity contribution in [1.82, 2.24) is 10.2 Å². The van der Waals surface area contributed by atoms with Gasteiger partial charge in [0.1, 0.15) is 0 Å². The second kappa shape index (κ2) is 8.68. The summed E-state index contributed by atoms with van der Waals surface area (Å²) in [4.78, 5) is 14.2. The van der Waals surface area contributed by atoms with Crippen molar-refractivity contribution in [1.29, 1.82) is 0 Å². The van der Waals surface area contributed by atoms with E-state index in [9.17, 15) is 4.79 Å². The van der Waals surface area contributed by atoms with Gasteiger partial charge in [-0.05, 0) is 39.1 Å². The highest BCUT2D eigenvalue weighted by molar-refractivity contribution is 6.32. The van der Waals surface area contributed by atoms with Gasteiger partial charge in [0.2, 0.25) is 0 Å². The lowest BCUT2D eigenvalue weighted by Crippen LogP contribution is -2.36. The quantitative estimate of drug-likeness (QED) is 0.814. The van der Waals surface area contributed by atoms with Gasteiger partial charge < -0.3 is 16.0 Å². The van der Waals surface area contributed by atoms with Crippen LogP contribution in [0.15, 0.2) is 18.2 Å². The van der Waals surface area contributed by atoms with E-state index in [1.165, 1.54) is 0 Å². The summed E-state index contributed by atoms with van der Waals surface area (Å²) in [5, 5.41) is 3.34. The van der Waals surface area contributed by atoms with Gasteiger partial charge in [-0.2, -0.15) is 0 Å². The molecule has 1 aromatic rings. The maximum Gasteiger partial charge on any atom is 0.251 e. The summed E-state index contributed by atoms with van der Waals surface area (Å²) in [7, 11) is 2.03. The fraction of sp³-hybridized carbons (Fsp3) is 0.438. The number of nitrogens with two attached hydrogens (primary N) is 1. The number of benzene rings is 1. The van der Waals surface area contributed by atoms with Gasteiger partial charge in [0.15, 0.2) is 0 Å². The van der Waals surface area contributed by atoms with E-state index in [2.05, 4.69) is 35.9 Å². The molecule has 0 aromatic heterocycles. The molecule has 0 unspecified atom stereocenters. The average molecular weight is 308 g/mol. The molecule has 1 amide bonds. The standard InChI is InChI=1S/C16H22ClN3O/c1-12(2)20(3)10-9-19-16(21)14-7-6-13(5-4-8-18)15(17)11-14/h6-7,11-12H,8-10,18H2,1-3H3,(H,19,21). The normalized spacial score (nSPS) is 10.4. The molecule has 3 N–H and O–H groups in total. The largest absolute Gasteiger partial charge is 0.351 e. The van der Waals surface area contributed by atoms with Crippen LogP contribution >= 0.6 is 11.6 Å². The number of amides is 1. The zero-order chi connectivity index (χ0) is 15.8. The Morgan fingerprint density at radius 2 is 2.19 bits per heavy atom. The number of halogens is 1. The second-order valence-electron chi connectivity index (χ2n) is 5.03. The van der Waals surface area contributed by atoms with E-state index in [1.807, 2.05) is 7.05 Å². The molecule has 0 bridgehead atoms. The molecular formula is C16H22ClN3O. The zero-order valence-corrected chi connectivity index (χ0v) is 13.5. The van der Waals surface area contributed by atoms with Crippen LogP contribution in [-0.2, 0) is 0 Å². The Morgan fingerprint density at radius 1 is 1.48 bits per heavy atom. The first kappa shape index (κ1) is 17.5. The number of likely N-dealkylation sites (N-methyl/N-ethyl adjacent to an activating group) is 1. The first-order valence-electron chi connectivity index (χ1n) is 6.92. The van der Waals surface area contributed by atoms with Crippen LogP contribution in [0.1, 0.15) is 29.8 Å². The zero-order valence-electron chi connectivity index (χ0n) is 12.7. The van der Waals surface area contributed by atoms with Crippen LogP contribution in [-0.4, -0.2) is 43.5 Å². The summed E-state index contributed by atoms with van der Waals surface area (Å²) in [6.07, 6.45) is 0. The molecular weight excluding hydrogens is 286 g/mol. The minimum Gasteiger partial charge on any atom is -0.351 e. The Morgan fingerprint density at radius 3 is 2.76 bits per heavy atom. The van der Waals surface area contributed by atoms with Crippen molar-refractivity contribution in [3.8, 4) is 11.8 Å². The van der Waals surface area contributed by atoms with Gasteiger partial charge in [-0.3, -0.25) is 4.79 Å². The van der Waals surface area contributed by atoms with Crippen LogP contribution in [0.5, 0.6) is 0 Å². The molecule has 0 radical (unpaired) electrons. The summed E-state index contributed by atoms with van der Waals surface area (Å²) in [5.74, 6) is 5.47. The van der Waals surface area contributed by atoms with Gasteiger partial charge in [-0.25, -0.2) is 0 Å². The van der Waals surface area contributed by atoms with E-state index in [0.29, 0.717) is 28.7 Å². The molecule has 0 aliphatic carbocycles. The third kappa shape index (κ3) is 5.76. The van der Waals surface area contributed by atoms with E-state index in [0.717, 1.165) is 6.54 Å². The van der Waals surface area contributed by atoms with Crippen molar-refractivity contribution < 1.29 is 4.79 Å². The van der Waals surface area contributed by atoms with Crippen molar-refractivity contribution in [3.63, 3.8) is 0 Å². The number of nitrogens with one attached hydrogen (secondary N) is 1. The third-order valence-electron chi connectivity index (χ3n) is 3.19. The smallest absolute Gasteiger partial charge is 0.251 e. The van der Waals surface area contributed by atoms with E-state index in [1.54, 1.807) is 18.2 Å². The highest BCUT2D eigenvalue weighted by atomic mass is 35.5. The Kier molecular flexibility index (Phi) is 7.24. The number of rotatable bonds is 5. The topological polar surface area (TPSA) is 58.4 Å². The summed E-state index contributed by atoms with van der Waals surface area (Å²) in [6.45, 7) is 5.91. The predicted octanol–water partition coefficient (Wildman–Crippen LogP) is 1.72. The monoisotopic (exact) mass is 307 g/mol. The summed E-state index contributed by atoms with van der Waals surface area (Å²) >= 11 is 6.10. The molecule has 0 saturated carbocycles. The van der Waals surface area contributed by atoms with Crippen molar-refractivity contribution in [2.75, 3.05) is 26.7 Å². The molecule has 0 atom stereocenters. The Bertz CT molecular complexity index is 546. The molecule has 5 heteroatoms. The van der Waals surface area contributed by atoms with Gasteiger partial charge >= 0.3 is 0 Å². The molecule has 0 spiro atoms. The van der Waals surface area contributed by atoms with Crippen molar-refractivity contribution in [2.24, 2.45) is 5.73 Å². The Hall–Kier alpha value is -1.54. The fourth-order valence-corrected chi connectivity index (χ4v) is 1.84. The number of hydrogen-bond acceptors (Lipinski definition) is 3. The fourth-order valence-electron chi connectivity index (χ4n) is 1.61. The summed E-state index contributed by atoms with van der Waals surface area (Å²) < 4.78 is 0. The Labute approximate surface area is 131 Å². The molecule has 0 fully saturated rings. The number of nitrogens with zero attached hydrogens (tertiary/aromatic N) is 1. The molecule has 0 aliphatic rings. The maximum atomic E-state index is 12.0. The first-order valence-corrected chi connectivity index (χ1v) is 7.30. The highest BCUT2D eigenvalue weighted by Crippen LogP contribution is 2.16. The summed E-state index contributed by atoms with van der Waals surface area (Å²) in [5.41, 5.74) is 6.53.